The topological polar surface area (TPSA) is 29.5 Å². The quantitative estimate of drug-likeness (QED) is 0.822. The largest absolute Gasteiger partial charge is 0.497 e. The molecule has 1 heterocycles. The van der Waals surface area contributed by atoms with E-state index in [4.69, 9.17) is 4.74 Å². The van der Waals surface area contributed by atoms with E-state index in [1.165, 1.54) is 11.1 Å². The first-order valence-corrected chi connectivity index (χ1v) is 8.33. The molecule has 1 fully saturated rings. The Hall–Kier alpha value is -2.55. The van der Waals surface area contributed by atoms with Crippen LogP contribution in [0, 0.1) is 0 Å². The second-order valence-corrected chi connectivity index (χ2v) is 6.19. The Balaban J connectivity index is 1.77. The molecule has 1 aliphatic heterocycles. The SMILES string of the molecule is COc1ccc(/C(C)=C/C2CCC(=O)N2Cc2ccccc2)cc1. The van der Waals surface area contributed by atoms with E-state index < -0.39 is 0 Å². The van der Waals surface area contributed by atoms with Gasteiger partial charge in [-0.1, -0.05) is 48.5 Å². The number of methoxy groups -OCH3 is 1. The second kappa shape index (κ2) is 7.35. The van der Waals surface area contributed by atoms with Crippen molar-refractivity contribution in [2.24, 2.45) is 0 Å². The summed E-state index contributed by atoms with van der Waals surface area (Å²) in [6, 6.07) is 18.4. The molecule has 0 bridgehead atoms. The van der Waals surface area contributed by atoms with Crippen molar-refractivity contribution in [2.75, 3.05) is 7.11 Å². The van der Waals surface area contributed by atoms with E-state index >= 15 is 0 Å². The minimum Gasteiger partial charge on any atom is -0.497 e. The van der Waals surface area contributed by atoms with Crippen LogP contribution in [0.5, 0.6) is 5.75 Å². The molecule has 1 amide bonds. The molecule has 124 valence electrons. The number of hydrogen-bond acceptors (Lipinski definition) is 2. The van der Waals surface area contributed by atoms with Gasteiger partial charge in [0, 0.05) is 13.0 Å². The first kappa shape index (κ1) is 16.3. The molecule has 24 heavy (non-hydrogen) atoms. The third-order valence-electron chi connectivity index (χ3n) is 4.56. The second-order valence-electron chi connectivity index (χ2n) is 6.19. The Morgan fingerprint density at radius 2 is 1.88 bits per heavy atom. The number of allylic oxidation sites excluding steroid dienone is 1. The first-order chi connectivity index (χ1) is 11.7. The molecule has 2 aromatic rings. The molecule has 3 heteroatoms. The molecule has 0 spiro atoms. The van der Waals surface area contributed by atoms with E-state index in [9.17, 15) is 4.79 Å². The van der Waals surface area contributed by atoms with Crippen LogP contribution in [0.2, 0.25) is 0 Å². The van der Waals surface area contributed by atoms with Gasteiger partial charge in [0.1, 0.15) is 5.75 Å². The number of hydrogen-bond donors (Lipinski definition) is 0. The highest BCUT2D eigenvalue weighted by Gasteiger charge is 2.29. The Morgan fingerprint density at radius 1 is 1.17 bits per heavy atom. The minimum absolute atomic E-state index is 0.166. The molecule has 0 saturated carbocycles. The summed E-state index contributed by atoms with van der Waals surface area (Å²) in [5.41, 5.74) is 3.53. The molecule has 1 saturated heterocycles. The van der Waals surface area contributed by atoms with E-state index in [1.54, 1.807) is 7.11 Å². The van der Waals surface area contributed by atoms with Crippen LogP contribution in [0.25, 0.3) is 5.57 Å². The van der Waals surface area contributed by atoms with Gasteiger partial charge < -0.3 is 9.64 Å². The van der Waals surface area contributed by atoms with Crippen molar-refractivity contribution in [2.45, 2.75) is 32.4 Å². The highest BCUT2D eigenvalue weighted by molar-refractivity contribution is 5.80. The number of likely N-dealkylation sites (tertiary alicyclic amines) is 1. The summed E-state index contributed by atoms with van der Waals surface area (Å²) in [6.45, 7) is 2.78. The summed E-state index contributed by atoms with van der Waals surface area (Å²) < 4.78 is 5.21. The summed E-state index contributed by atoms with van der Waals surface area (Å²) in [5.74, 6) is 1.09. The van der Waals surface area contributed by atoms with E-state index in [1.807, 2.05) is 35.2 Å². The van der Waals surface area contributed by atoms with Crippen LogP contribution in [0.1, 0.15) is 30.9 Å². The van der Waals surface area contributed by atoms with Gasteiger partial charge in [-0.2, -0.15) is 0 Å². The molecule has 2 aromatic carbocycles. The monoisotopic (exact) mass is 321 g/mol. The van der Waals surface area contributed by atoms with Gasteiger partial charge in [0.05, 0.1) is 13.2 Å². The molecule has 1 unspecified atom stereocenters. The van der Waals surface area contributed by atoms with Crippen LogP contribution in [0.15, 0.2) is 60.7 Å². The van der Waals surface area contributed by atoms with E-state index in [-0.39, 0.29) is 11.9 Å². The minimum atomic E-state index is 0.166. The average Bonchev–Trinajstić information content (AvgIpc) is 2.96. The van der Waals surface area contributed by atoms with Gasteiger partial charge in [-0.15, -0.1) is 0 Å². The normalized spacial score (nSPS) is 18.1. The van der Waals surface area contributed by atoms with Crippen LogP contribution in [0.4, 0.5) is 0 Å². The number of nitrogens with zero attached hydrogens (tertiary/aromatic N) is 1. The summed E-state index contributed by atoms with van der Waals surface area (Å²) >= 11 is 0. The number of amides is 1. The Bertz CT molecular complexity index is 719. The molecule has 0 radical (unpaired) electrons. The Kier molecular flexibility index (Phi) is 4.99. The smallest absolute Gasteiger partial charge is 0.223 e. The lowest BCUT2D eigenvalue weighted by Gasteiger charge is -2.23. The fraction of sp³-hybridized carbons (Fsp3) is 0.286. The zero-order valence-electron chi connectivity index (χ0n) is 14.2. The predicted molar refractivity (Wildman–Crippen MR) is 96.7 cm³/mol. The van der Waals surface area contributed by atoms with Crippen molar-refractivity contribution >= 4 is 11.5 Å². The lowest BCUT2D eigenvalue weighted by molar-refractivity contribution is -0.129. The third kappa shape index (κ3) is 3.67. The highest BCUT2D eigenvalue weighted by atomic mass is 16.5. The number of ether oxygens (including phenoxy) is 1. The number of carbonyl (C=O) groups is 1. The van der Waals surface area contributed by atoms with Gasteiger partial charge in [-0.3, -0.25) is 4.79 Å². The Morgan fingerprint density at radius 3 is 2.54 bits per heavy atom. The summed E-state index contributed by atoms with van der Waals surface area (Å²) in [4.78, 5) is 14.3. The molecule has 3 rings (SSSR count). The van der Waals surface area contributed by atoms with Gasteiger partial charge in [0.2, 0.25) is 5.91 Å². The maximum atomic E-state index is 12.3. The summed E-state index contributed by atoms with van der Waals surface area (Å²) in [6.07, 6.45) is 3.73. The van der Waals surface area contributed by atoms with Gasteiger partial charge in [0.25, 0.3) is 0 Å². The molecular weight excluding hydrogens is 298 g/mol. The van der Waals surface area contributed by atoms with Crippen LogP contribution in [-0.2, 0) is 11.3 Å². The van der Waals surface area contributed by atoms with Crippen molar-refractivity contribution in [3.63, 3.8) is 0 Å². The van der Waals surface area contributed by atoms with Crippen molar-refractivity contribution in [3.8, 4) is 5.75 Å². The predicted octanol–water partition coefficient (Wildman–Crippen LogP) is 4.29. The van der Waals surface area contributed by atoms with Crippen LogP contribution in [0.3, 0.4) is 0 Å². The zero-order chi connectivity index (χ0) is 16.9. The van der Waals surface area contributed by atoms with Crippen LogP contribution >= 0.6 is 0 Å². The number of carbonyl (C=O) groups excluding carboxylic acids is 1. The van der Waals surface area contributed by atoms with Gasteiger partial charge in [0.15, 0.2) is 0 Å². The molecular formula is C21H23NO2. The maximum Gasteiger partial charge on any atom is 0.223 e. The average molecular weight is 321 g/mol. The zero-order valence-corrected chi connectivity index (χ0v) is 14.2. The molecule has 1 aliphatic rings. The van der Waals surface area contributed by atoms with Crippen LogP contribution in [-0.4, -0.2) is 24.0 Å². The lowest BCUT2D eigenvalue weighted by Crippen LogP contribution is -2.31. The number of rotatable bonds is 5. The third-order valence-corrected chi connectivity index (χ3v) is 4.56. The van der Waals surface area contributed by atoms with Gasteiger partial charge in [-0.25, -0.2) is 0 Å². The first-order valence-electron chi connectivity index (χ1n) is 8.33. The summed E-state index contributed by atoms with van der Waals surface area (Å²) in [7, 11) is 1.67. The fourth-order valence-electron chi connectivity index (χ4n) is 3.15. The van der Waals surface area contributed by atoms with Crippen molar-refractivity contribution in [1.82, 2.24) is 4.90 Å². The van der Waals surface area contributed by atoms with Crippen molar-refractivity contribution < 1.29 is 9.53 Å². The molecule has 0 N–H and O–H groups in total. The van der Waals surface area contributed by atoms with E-state index in [0.717, 1.165) is 17.7 Å². The molecule has 3 nitrogen and oxygen atoms in total. The summed E-state index contributed by atoms with van der Waals surface area (Å²) in [5, 5.41) is 0. The highest BCUT2D eigenvalue weighted by Crippen LogP contribution is 2.26. The van der Waals surface area contributed by atoms with Gasteiger partial charge in [-0.05, 0) is 42.2 Å². The molecule has 1 atom stereocenters. The van der Waals surface area contributed by atoms with Gasteiger partial charge >= 0.3 is 0 Å². The van der Waals surface area contributed by atoms with Crippen molar-refractivity contribution in [1.29, 1.82) is 0 Å². The number of benzene rings is 2. The maximum absolute atomic E-state index is 12.3. The van der Waals surface area contributed by atoms with E-state index in [0.29, 0.717) is 13.0 Å². The standard InChI is InChI=1S/C21H23NO2/c1-16(18-8-11-20(24-2)12-9-18)14-19-10-13-21(23)22(19)15-17-6-4-3-5-7-17/h3-9,11-12,14,19H,10,13,15H2,1-2H3/b16-14+. The van der Waals surface area contributed by atoms with Crippen molar-refractivity contribution in [3.05, 3.63) is 71.8 Å². The Labute approximate surface area is 143 Å². The van der Waals surface area contributed by atoms with E-state index in [2.05, 4.69) is 37.3 Å². The molecule has 0 aromatic heterocycles. The van der Waals surface area contributed by atoms with Crippen LogP contribution < -0.4 is 4.74 Å². The fourth-order valence-corrected chi connectivity index (χ4v) is 3.15. The molecule has 0 aliphatic carbocycles. The lowest BCUT2D eigenvalue weighted by atomic mass is 10.0.